The van der Waals surface area contributed by atoms with Gasteiger partial charge in [-0.3, -0.25) is 4.79 Å². The van der Waals surface area contributed by atoms with E-state index in [1.165, 1.54) is 0 Å². The molecule has 1 saturated heterocycles. The number of carbonyl (C=O) groups is 1. The lowest BCUT2D eigenvalue weighted by atomic mass is 9.96. The molecule has 0 radical (unpaired) electrons. The van der Waals surface area contributed by atoms with Crippen molar-refractivity contribution in [2.45, 2.75) is 29.7 Å². The predicted octanol–water partition coefficient (Wildman–Crippen LogP) is 4.20. The summed E-state index contributed by atoms with van der Waals surface area (Å²) < 4.78 is 7.78. The number of aromatic amines is 1. The fourth-order valence-electron chi connectivity index (χ4n) is 3.87. The predicted molar refractivity (Wildman–Crippen MR) is 115 cm³/mol. The molecule has 0 aliphatic carbocycles. The number of nitrogens with one attached hydrogen (secondary N) is 1. The molecule has 4 heterocycles. The van der Waals surface area contributed by atoms with E-state index in [4.69, 9.17) is 9.40 Å². The number of imidazole rings is 2. The Morgan fingerprint density at radius 1 is 1.23 bits per heavy atom. The average Bonchev–Trinajstić information content (AvgIpc) is 3.51. The maximum absolute atomic E-state index is 12.9. The molecule has 154 valence electrons. The van der Waals surface area contributed by atoms with Gasteiger partial charge >= 0.3 is 0 Å². The van der Waals surface area contributed by atoms with Crippen molar-refractivity contribution in [3.63, 3.8) is 0 Å². The number of aromatic nitrogens is 4. The summed E-state index contributed by atoms with van der Waals surface area (Å²) in [7, 11) is 1.96. The summed E-state index contributed by atoms with van der Waals surface area (Å²) >= 11 is 1.59. The summed E-state index contributed by atoms with van der Waals surface area (Å²) in [5.41, 5.74) is 2.06. The molecule has 0 unspecified atom stereocenters. The molecule has 7 nitrogen and oxygen atoms in total. The highest BCUT2D eigenvalue weighted by atomic mass is 32.2. The SMILES string of the molecule is Cn1ccnc1SCc1ccc(C(=O)N2CCC(c3nc4ccccc4[nH]3)CC2)o1. The van der Waals surface area contributed by atoms with Crippen LogP contribution in [0.4, 0.5) is 0 Å². The number of hydrogen-bond donors (Lipinski definition) is 1. The van der Waals surface area contributed by atoms with Crippen LogP contribution in [0.2, 0.25) is 0 Å². The Morgan fingerprint density at radius 2 is 2.07 bits per heavy atom. The third kappa shape index (κ3) is 3.75. The smallest absolute Gasteiger partial charge is 0.289 e. The van der Waals surface area contributed by atoms with Gasteiger partial charge in [0.2, 0.25) is 0 Å². The fourth-order valence-corrected chi connectivity index (χ4v) is 4.70. The molecule has 1 fully saturated rings. The zero-order chi connectivity index (χ0) is 20.5. The number of furan rings is 1. The molecule has 1 aromatic carbocycles. The maximum atomic E-state index is 12.9. The molecule has 1 amide bonds. The number of likely N-dealkylation sites (tertiary alicyclic amines) is 1. The van der Waals surface area contributed by atoms with Gasteiger partial charge in [0, 0.05) is 38.4 Å². The van der Waals surface area contributed by atoms with Crippen molar-refractivity contribution < 1.29 is 9.21 Å². The first kappa shape index (κ1) is 19.0. The second-order valence-electron chi connectivity index (χ2n) is 7.58. The number of para-hydroxylation sites is 2. The van der Waals surface area contributed by atoms with E-state index in [1.807, 2.05) is 53.0 Å². The molecule has 0 spiro atoms. The number of hydrogen-bond acceptors (Lipinski definition) is 5. The summed E-state index contributed by atoms with van der Waals surface area (Å²) in [4.78, 5) is 27.2. The molecular formula is C22H23N5O2S. The van der Waals surface area contributed by atoms with E-state index in [0.29, 0.717) is 30.5 Å². The number of carbonyl (C=O) groups excluding carboxylic acids is 1. The number of amides is 1. The molecule has 8 heteroatoms. The highest BCUT2D eigenvalue weighted by Crippen LogP contribution is 2.29. The third-order valence-electron chi connectivity index (χ3n) is 5.57. The van der Waals surface area contributed by atoms with Gasteiger partial charge in [0.25, 0.3) is 5.91 Å². The van der Waals surface area contributed by atoms with Crippen LogP contribution in [0, 0.1) is 0 Å². The van der Waals surface area contributed by atoms with Crippen LogP contribution in [0.25, 0.3) is 11.0 Å². The summed E-state index contributed by atoms with van der Waals surface area (Å²) in [6.07, 6.45) is 5.48. The number of rotatable bonds is 5. The lowest BCUT2D eigenvalue weighted by Crippen LogP contribution is -2.37. The second-order valence-corrected chi connectivity index (χ2v) is 8.52. The van der Waals surface area contributed by atoms with Crippen LogP contribution in [0.3, 0.4) is 0 Å². The monoisotopic (exact) mass is 421 g/mol. The molecule has 5 rings (SSSR count). The van der Waals surface area contributed by atoms with Gasteiger partial charge in [0.15, 0.2) is 10.9 Å². The number of benzene rings is 1. The summed E-state index contributed by atoms with van der Waals surface area (Å²) in [5.74, 6) is 3.17. The Morgan fingerprint density at radius 3 is 2.83 bits per heavy atom. The molecule has 4 aromatic rings. The van der Waals surface area contributed by atoms with E-state index < -0.39 is 0 Å². The van der Waals surface area contributed by atoms with Crippen LogP contribution < -0.4 is 0 Å². The summed E-state index contributed by atoms with van der Waals surface area (Å²) in [6.45, 7) is 1.41. The number of piperidine rings is 1. The topological polar surface area (TPSA) is 80.0 Å². The lowest BCUT2D eigenvalue weighted by molar-refractivity contribution is 0.0677. The zero-order valence-corrected chi connectivity index (χ0v) is 17.6. The van der Waals surface area contributed by atoms with Crippen molar-refractivity contribution in [2.24, 2.45) is 7.05 Å². The van der Waals surface area contributed by atoms with Gasteiger partial charge in [-0.25, -0.2) is 9.97 Å². The van der Waals surface area contributed by atoms with Gasteiger partial charge in [-0.05, 0) is 37.1 Å². The average molecular weight is 422 g/mol. The van der Waals surface area contributed by atoms with E-state index in [2.05, 4.69) is 9.97 Å². The van der Waals surface area contributed by atoms with E-state index in [-0.39, 0.29) is 5.91 Å². The third-order valence-corrected chi connectivity index (χ3v) is 6.65. The van der Waals surface area contributed by atoms with Crippen molar-refractivity contribution in [3.8, 4) is 0 Å². The highest BCUT2D eigenvalue weighted by Gasteiger charge is 2.27. The lowest BCUT2D eigenvalue weighted by Gasteiger charge is -2.30. The van der Waals surface area contributed by atoms with E-state index >= 15 is 0 Å². The first-order valence-electron chi connectivity index (χ1n) is 10.1. The quantitative estimate of drug-likeness (QED) is 0.489. The molecule has 0 saturated carbocycles. The normalized spacial score (nSPS) is 15.2. The Balaban J connectivity index is 1.18. The van der Waals surface area contributed by atoms with Gasteiger partial charge in [0.05, 0.1) is 16.8 Å². The minimum absolute atomic E-state index is 0.0358. The maximum Gasteiger partial charge on any atom is 0.289 e. The van der Waals surface area contributed by atoms with E-state index in [0.717, 1.165) is 40.6 Å². The van der Waals surface area contributed by atoms with Crippen LogP contribution in [-0.2, 0) is 12.8 Å². The highest BCUT2D eigenvalue weighted by molar-refractivity contribution is 7.98. The van der Waals surface area contributed by atoms with Gasteiger partial charge in [-0.15, -0.1) is 0 Å². The molecule has 30 heavy (non-hydrogen) atoms. The van der Waals surface area contributed by atoms with Crippen molar-refractivity contribution >= 4 is 28.7 Å². The zero-order valence-electron chi connectivity index (χ0n) is 16.7. The summed E-state index contributed by atoms with van der Waals surface area (Å²) in [5, 5.41) is 0.923. The van der Waals surface area contributed by atoms with Crippen LogP contribution in [0.15, 0.2) is 58.4 Å². The van der Waals surface area contributed by atoms with Crippen LogP contribution in [0.1, 0.15) is 40.9 Å². The fraction of sp³-hybridized carbons (Fsp3) is 0.318. The number of nitrogens with zero attached hydrogens (tertiary/aromatic N) is 4. The molecule has 1 aliphatic heterocycles. The van der Waals surface area contributed by atoms with Crippen molar-refractivity contribution in [2.75, 3.05) is 13.1 Å². The van der Waals surface area contributed by atoms with E-state index in [1.54, 1.807) is 24.0 Å². The van der Waals surface area contributed by atoms with Crippen molar-refractivity contribution in [1.82, 2.24) is 24.4 Å². The Hall–Kier alpha value is -3.00. The summed E-state index contributed by atoms with van der Waals surface area (Å²) in [6, 6.07) is 11.7. The van der Waals surface area contributed by atoms with Crippen LogP contribution in [0.5, 0.6) is 0 Å². The molecular weight excluding hydrogens is 398 g/mol. The van der Waals surface area contributed by atoms with Gasteiger partial charge < -0.3 is 18.9 Å². The molecule has 3 aromatic heterocycles. The molecule has 0 bridgehead atoms. The standard InChI is InChI=1S/C22H23N5O2S/c1-26-13-10-23-22(26)30-14-16-6-7-19(29-16)21(28)27-11-8-15(9-12-27)20-24-17-4-2-3-5-18(17)25-20/h2-7,10,13,15H,8-9,11-12,14H2,1H3,(H,24,25). The van der Waals surface area contributed by atoms with Crippen molar-refractivity contribution in [1.29, 1.82) is 0 Å². The Bertz CT molecular complexity index is 1140. The number of thioether (sulfide) groups is 1. The number of aryl methyl sites for hydroxylation is 1. The van der Waals surface area contributed by atoms with E-state index in [9.17, 15) is 4.79 Å². The van der Waals surface area contributed by atoms with Crippen molar-refractivity contribution in [3.05, 3.63) is 66.1 Å². The number of fused-ring (bicyclic) bond motifs is 1. The second kappa shape index (κ2) is 8.02. The molecule has 1 aliphatic rings. The minimum Gasteiger partial charge on any atom is -0.455 e. The van der Waals surface area contributed by atoms with Gasteiger partial charge in [0.1, 0.15) is 11.6 Å². The van der Waals surface area contributed by atoms with Crippen LogP contribution >= 0.6 is 11.8 Å². The Kier molecular flexibility index (Phi) is 5.08. The van der Waals surface area contributed by atoms with Gasteiger partial charge in [-0.2, -0.15) is 0 Å². The first-order valence-corrected chi connectivity index (χ1v) is 11.1. The number of H-pyrrole nitrogens is 1. The van der Waals surface area contributed by atoms with Gasteiger partial charge in [-0.1, -0.05) is 23.9 Å². The first-order chi connectivity index (χ1) is 14.7. The largest absolute Gasteiger partial charge is 0.455 e. The molecule has 1 N–H and O–H groups in total. The minimum atomic E-state index is -0.0358. The molecule has 0 atom stereocenters. The Labute approximate surface area is 178 Å². The van der Waals surface area contributed by atoms with Crippen LogP contribution in [-0.4, -0.2) is 43.4 Å².